The number of rotatable bonds is 3. The summed E-state index contributed by atoms with van der Waals surface area (Å²) in [5.74, 6) is 1.72. The summed E-state index contributed by atoms with van der Waals surface area (Å²) in [6.45, 7) is 12.9. The van der Waals surface area contributed by atoms with E-state index in [-0.39, 0.29) is 0 Å². The van der Waals surface area contributed by atoms with Crippen LogP contribution in [0.4, 0.5) is 0 Å². The molecule has 0 saturated carbocycles. The molecule has 0 atom stereocenters. The molecular weight excluding hydrogens is 196 g/mol. The lowest BCUT2D eigenvalue weighted by molar-refractivity contribution is 0.452. The molecule has 0 fully saturated rings. The van der Waals surface area contributed by atoms with E-state index >= 15 is 0 Å². The summed E-state index contributed by atoms with van der Waals surface area (Å²) < 4.78 is 0. The van der Waals surface area contributed by atoms with Crippen LogP contribution in [0.15, 0.2) is 12.1 Å². The smallest absolute Gasteiger partial charge is 0.122 e. The summed E-state index contributed by atoms with van der Waals surface area (Å²) in [4.78, 5) is 0. The van der Waals surface area contributed by atoms with Gasteiger partial charge >= 0.3 is 0 Å². The zero-order valence-electron chi connectivity index (χ0n) is 11.3. The van der Waals surface area contributed by atoms with E-state index in [9.17, 15) is 5.11 Å². The number of benzene rings is 1. The van der Waals surface area contributed by atoms with Crippen molar-refractivity contribution in [2.45, 2.75) is 59.3 Å². The molecule has 0 heterocycles. The predicted molar refractivity (Wildman–Crippen MR) is 70.4 cm³/mol. The van der Waals surface area contributed by atoms with Crippen LogP contribution in [-0.2, 0) is 0 Å². The van der Waals surface area contributed by atoms with Crippen molar-refractivity contribution < 1.29 is 5.11 Å². The summed E-state index contributed by atoms with van der Waals surface area (Å²) in [5, 5.41) is 10.4. The van der Waals surface area contributed by atoms with E-state index in [0.29, 0.717) is 23.5 Å². The van der Waals surface area contributed by atoms with Crippen LogP contribution < -0.4 is 0 Å². The van der Waals surface area contributed by atoms with Gasteiger partial charge in [-0.3, -0.25) is 0 Å². The molecule has 1 heteroatoms. The topological polar surface area (TPSA) is 20.2 Å². The molecule has 1 rings (SSSR count). The molecular formula is C15H24O. The number of phenolic OH excluding ortho intramolecular Hbond substituents is 1. The molecule has 16 heavy (non-hydrogen) atoms. The minimum atomic E-state index is 0.371. The maximum absolute atomic E-state index is 10.4. The Morgan fingerprint density at radius 1 is 0.750 bits per heavy atom. The molecule has 0 saturated heterocycles. The highest BCUT2D eigenvalue weighted by molar-refractivity contribution is 5.49. The van der Waals surface area contributed by atoms with Gasteiger partial charge in [0.05, 0.1) is 0 Å². The molecule has 0 aliphatic heterocycles. The van der Waals surface area contributed by atoms with Gasteiger partial charge in [-0.05, 0) is 28.9 Å². The Bertz CT molecular complexity index is 362. The SMILES string of the molecule is CC(C)c1ccc(C(C)C)c(C(C)C)c1O. The van der Waals surface area contributed by atoms with Crippen molar-refractivity contribution in [3.8, 4) is 5.75 Å². The molecule has 1 N–H and O–H groups in total. The second-order valence-electron chi connectivity index (χ2n) is 5.47. The lowest BCUT2D eigenvalue weighted by atomic mass is 9.86. The highest BCUT2D eigenvalue weighted by atomic mass is 16.3. The Morgan fingerprint density at radius 3 is 1.56 bits per heavy atom. The van der Waals surface area contributed by atoms with Crippen LogP contribution in [0.2, 0.25) is 0 Å². The number of phenols is 1. The van der Waals surface area contributed by atoms with Crippen molar-refractivity contribution in [3.05, 3.63) is 28.8 Å². The van der Waals surface area contributed by atoms with Crippen molar-refractivity contribution in [3.63, 3.8) is 0 Å². The van der Waals surface area contributed by atoms with Gasteiger partial charge in [0, 0.05) is 5.56 Å². The normalized spacial score (nSPS) is 11.8. The average molecular weight is 220 g/mol. The molecule has 1 aromatic carbocycles. The lowest BCUT2D eigenvalue weighted by Gasteiger charge is -2.21. The van der Waals surface area contributed by atoms with Crippen LogP contribution in [0.1, 0.15) is 76.0 Å². The Labute approximate surface area is 99.5 Å². The van der Waals surface area contributed by atoms with E-state index in [1.54, 1.807) is 0 Å². The first-order valence-corrected chi connectivity index (χ1v) is 6.21. The van der Waals surface area contributed by atoms with Crippen LogP contribution in [0.25, 0.3) is 0 Å². The van der Waals surface area contributed by atoms with Crippen LogP contribution >= 0.6 is 0 Å². The maximum Gasteiger partial charge on any atom is 0.122 e. The minimum absolute atomic E-state index is 0.371. The van der Waals surface area contributed by atoms with Gasteiger partial charge in [0.1, 0.15) is 5.75 Å². The lowest BCUT2D eigenvalue weighted by Crippen LogP contribution is -2.02. The van der Waals surface area contributed by atoms with E-state index < -0.39 is 0 Å². The molecule has 0 aliphatic carbocycles. The van der Waals surface area contributed by atoms with Gasteiger partial charge < -0.3 is 5.11 Å². The van der Waals surface area contributed by atoms with Gasteiger partial charge in [0.2, 0.25) is 0 Å². The van der Waals surface area contributed by atoms with Crippen molar-refractivity contribution in [1.82, 2.24) is 0 Å². The summed E-state index contributed by atoms with van der Waals surface area (Å²) in [5.41, 5.74) is 3.46. The molecule has 0 amide bonds. The van der Waals surface area contributed by atoms with E-state index in [1.807, 2.05) is 0 Å². The van der Waals surface area contributed by atoms with Gasteiger partial charge in [0.15, 0.2) is 0 Å². The monoisotopic (exact) mass is 220 g/mol. The molecule has 1 aromatic rings. The fourth-order valence-electron chi connectivity index (χ4n) is 2.22. The average Bonchev–Trinajstić information content (AvgIpc) is 2.15. The first-order valence-electron chi connectivity index (χ1n) is 6.21. The second-order valence-corrected chi connectivity index (χ2v) is 5.47. The zero-order chi connectivity index (χ0) is 12.5. The van der Waals surface area contributed by atoms with Crippen molar-refractivity contribution in [2.24, 2.45) is 0 Å². The molecule has 90 valence electrons. The third kappa shape index (κ3) is 2.40. The summed E-state index contributed by atoms with van der Waals surface area (Å²) >= 11 is 0. The van der Waals surface area contributed by atoms with Crippen molar-refractivity contribution in [2.75, 3.05) is 0 Å². The van der Waals surface area contributed by atoms with Gasteiger partial charge in [-0.15, -0.1) is 0 Å². The standard InChI is InChI=1S/C15H24O/c1-9(2)12-7-8-13(10(3)4)15(16)14(12)11(5)6/h7-11,16H,1-6H3. The van der Waals surface area contributed by atoms with E-state index in [4.69, 9.17) is 0 Å². The first-order chi connectivity index (χ1) is 7.36. The van der Waals surface area contributed by atoms with E-state index in [2.05, 4.69) is 53.7 Å². The Morgan fingerprint density at radius 2 is 1.19 bits per heavy atom. The largest absolute Gasteiger partial charge is 0.507 e. The molecule has 0 spiro atoms. The van der Waals surface area contributed by atoms with Crippen LogP contribution in [0, 0.1) is 0 Å². The molecule has 1 nitrogen and oxygen atoms in total. The molecule has 0 radical (unpaired) electrons. The van der Waals surface area contributed by atoms with E-state index in [1.165, 1.54) is 5.56 Å². The first kappa shape index (κ1) is 13.1. The Hall–Kier alpha value is -0.980. The Kier molecular flexibility index (Phi) is 4.01. The van der Waals surface area contributed by atoms with Gasteiger partial charge in [-0.1, -0.05) is 53.7 Å². The summed E-state index contributed by atoms with van der Waals surface area (Å²) in [6, 6.07) is 4.25. The highest BCUT2D eigenvalue weighted by Crippen LogP contribution is 2.38. The van der Waals surface area contributed by atoms with Crippen molar-refractivity contribution in [1.29, 1.82) is 0 Å². The highest BCUT2D eigenvalue weighted by Gasteiger charge is 2.18. The molecule has 0 unspecified atom stereocenters. The number of hydrogen-bond acceptors (Lipinski definition) is 1. The fraction of sp³-hybridized carbons (Fsp3) is 0.600. The third-order valence-corrected chi connectivity index (χ3v) is 3.10. The molecule has 0 bridgehead atoms. The van der Waals surface area contributed by atoms with Gasteiger partial charge in [0.25, 0.3) is 0 Å². The second kappa shape index (κ2) is 4.90. The predicted octanol–water partition coefficient (Wildman–Crippen LogP) is 4.76. The van der Waals surface area contributed by atoms with E-state index in [0.717, 1.165) is 11.1 Å². The summed E-state index contributed by atoms with van der Waals surface area (Å²) in [7, 11) is 0. The molecule has 0 aliphatic rings. The van der Waals surface area contributed by atoms with Crippen molar-refractivity contribution >= 4 is 0 Å². The third-order valence-electron chi connectivity index (χ3n) is 3.10. The van der Waals surface area contributed by atoms with Gasteiger partial charge in [-0.25, -0.2) is 0 Å². The maximum atomic E-state index is 10.4. The van der Waals surface area contributed by atoms with Crippen LogP contribution in [0.3, 0.4) is 0 Å². The number of aromatic hydroxyl groups is 1. The molecule has 0 aromatic heterocycles. The zero-order valence-corrected chi connectivity index (χ0v) is 11.3. The van der Waals surface area contributed by atoms with Crippen LogP contribution in [-0.4, -0.2) is 5.11 Å². The van der Waals surface area contributed by atoms with Crippen LogP contribution in [0.5, 0.6) is 5.75 Å². The summed E-state index contributed by atoms with van der Waals surface area (Å²) in [6.07, 6.45) is 0. The Balaban J connectivity index is 3.42. The number of hydrogen-bond donors (Lipinski definition) is 1. The quantitative estimate of drug-likeness (QED) is 0.778. The fourth-order valence-corrected chi connectivity index (χ4v) is 2.22. The van der Waals surface area contributed by atoms with Gasteiger partial charge in [-0.2, -0.15) is 0 Å². The minimum Gasteiger partial charge on any atom is -0.507 e.